The van der Waals surface area contributed by atoms with E-state index in [-0.39, 0.29) is 42.2 Å². The number of para-hydroxylation sites is 1. The van der Waals surface area contributed by atoms with Gasteiger partial charge in [-0.25, -0.2) is 9.18 Å². The number of carbonyl (C=O) groups is 3. The van der Waals surface area contributed by atoms with E-state index < -0.39 is 41.3 Å². The second kappa shape index (κ2) is 11.5. The van der Waals surface area contributed by atoms with E-state index in [2.05, 4.69) is 0 Å². The monoisotopic (exact) mass is 560 g/mol. The van der Waals surface area contributed by atoms with Gasteiger partial charge in [-0.2, -0.15) is 0 Å². The van der Waals surface area contributed by atoms with E-state index in [1.54, 1.807) is 24.8 Å². The van der Waals surface area contributed by atoms with Crippen LogP contribution in [-0.4, -0.2) is 30.9 Å². The molecule has 0 radical (unpaired) electrons. The minimum atomic E-state index is -1.18. The van der Waals surface area contributed by atoms with E-state index in [9.17, 15) is 14.4 Å². The number of hydrogen-bond donors (Lipinski definition) is 1. The third kappa shape index (κ3) is 4.70. The van der Waals surface area contributed by atoms with E-state index in [4.69, 9.17) is 15.2 Å². The topological polar surface area (TPSA) is 98.9 Å². The first kappa shape index (κ1) is 27.3. The number of allylic oxidation sites excluding steroid dienone is 2. The van der Waals surface area contributed by atoms with Gasteiger partial charge in [0, 0.05) is 33.3 Å². The van der Waals surface area contributed by atoms with Gasteiger partial charge in [0.1, 0.15) is 17.6 Å². The number of Topliss-reactive ketones (excluding diaryl/α,β-unsaturated/α-hetero) is 1. The third-order valence-corrected chi connectivity index (χ3v) is 8.22. The highest BCUT2D eigenvalue weighted by Crippen LogP contribution is 2.52. The lowest BCUT2D eigenvalue weighted by molar-refractivity contribution is -0.152. The quantitative estimate of drug-likeness (QED) is 0.305. The van der Waals surface area contributed by atoms with Gasteiger partial charge in [-0.3, -0.25) is 14.5 Å². The van der Waals surface area contributed by atoms with Crippen molar-refractivity contribution in [2.45, 2.75) is 32.1 Å². The second-order valence-corrected chi connectivity index (χ2v) is 10.4. The minimum absolute atomic E-state index is 0.0453. The molecule has 9 heteroatoms. The molecule has 0 saturated carbocycles. The van der Waals surface area contributed by atoms with Crippen LogP contribution in [0.15, 0.2) is 94.8 Å². The van der Waals surface area contributed by atoms with Crippen molar-refractivity contribution in [3.63, 3.8) is 0 Å². The van der Waals surface area contributed by atoms with Crippen LogP contribution in [0.2, 0.25) is 0 Å². The Morgan fingerprint density at radius 1 is 1.00 bits per heavy atom. The zero-order chi connectivity index (χ0) is 28.4. The average molecular weight is 561 g/mol. The first-order valence-electron chi connectivity index (χ1n) is 13.1. The van der Waals surface area contributed by atoms with Crippen molar-refractivity contribution >= 4 is 34.7 Å². The Bertz CT molecular complexity index is 1500. The van der Waals surface area contributed by atoms with Gasteiger partial charge in [-0.05, 0) is 49.9 Å². The molecule has 0 unspecified atom stereocenters. The molecule has 3 atom stereocenters. The maximum atomic E-state index is 15.5. The number of hydrogen-bond acceptors (Lipinski definition) is 8. The van der Waals surface area contributed by atoms with Crippen molar-refractivity contribution in [2.75, 3.05) is 18.1 Å². The van der Waals surface area contributed by atoms with Crippen molar-refractivity contribution in [3.05, 3.63) is 111 Å². The summed E-state index contributed by atoms with van der Waals surface area (Å²) in [5, 5.41) is 1.89. The summed E-state index contributed by atoms with van der Waals surface area (Å²) in [7, 11) is 0. The predicted octanol–water partition coefficient (Wildman–Crippen LogP) is 5.41. The Kier molecular flexibility index (Phi) is 7.84. The van der Waals surface area contributed by atoms with E-state index in [0.717, 1.165) is 4.88 Å². The zero-order valence-corrected chi connectivity index (χ0v) is 23.0. The fourth-order valence-corrected chi connectivity index (χ4v) is 6.47. The van der Waals surface area contributed by atoms with Gasteiger partial charge in [0.2, 0.25) is 0 Å². The number of ether oxygens (including phenoxy) is 2. The van der Waals surface area contributed by atoms with Crippen molar-refractivity contribution in [1.82, 2.24) is 0 Å². The van der Waals surface area contributed by atoms with Crippen molar-refractivity contribution in [3.8, 4) is 0 Å². The van der Waals surface area contributed by atoms with Crippen molar-refractivity contribution in [1.29, 1.82) is 0 Å². The van der Waals surface area contributed by atoms with Crippen LogP contribution in [0.1, 0.15) is 42.5 Å². The summed E-state index contributed by atoms with van der Waals surface area (Å²) in [5.74, 6) is -5.39. The first-order valence-corrected chi connectivity index (χ1v) is 14.0. The number of esters is 2. The Labute approximate surface area is 235 Å². The zero-order valence-electron chi connectivity index (χ0n) is 22.1. The standard InChI is InChI=1S/C31H29FN2O5S/c1-3-38-30(36)25-20(23-15-10-16-40-23)17-22-26(28(25)35)24(19-13-8-9-14-21(19)32)27(31(37)39-4-2)29(33)34(22)18-11-6-5-7-12-18/h5-16,20,24-25H,3-4,17,33H2,1-2H3/t20-,24+,25-/m1/s1. The van der Waals surface area contributed by atoms with Crippen molar-refractivity contribution in [2.24, 2.45) is 11.7 Å². The molecule has 2 heterocycles. The van der Waals surface area contributed by atoms with Crippen LogP contribution in [0.25, 0.3) is 0 Å². The van der Waals surface area contributed by atoms with Gasteiger partial charge < -0.3 is 15.2 Å². The summed E-state index contributed by atoms with van der Waals surface area (Å²) in [6.45, 7) is 3.48. The SMILES string of the molecule is CCOC(=O)C1=C(N)N(c2ccccc2)C2=C(C(=O)[C@H](C(=O)OCC)[C@@H](c3cccs3)C2)[C@@H]1c1ccccc1F. The molecule has 2 N–H and O–H groups in total. The van der Waals surface area contributed by atoms with Crippen LogP contribution in [-0.2, 0) is 23.9 Å². The molecule has 0 saturated heterocycles. The highest BCUT2D eigenvalue weighted by molar-refractivity contribution is 7.10. The maximum absolute atomic E-state index is 15.5. The molecule has 5 rings (SSSR count). The highest BCUT2D eigenvalue weighted by Gasteiger charge is 2.52. The number of nitrogens with two attached hydrogens (primary N) is 1. The fraction of sp³-hybridized carbons (Fsp3) is 0.258. The number of carbonyl (C=O) groups excluding carboxylic acids is 3. The van der Waals surface area contributed by atoms with E-state index in [1.807, 2.05) is 47.8 Å². The lowest BCUT2D eigenvalue weighted by Gasteiger charge is -2.43. The van der Waals surface area contributed by atoms with E-state index in [1.165, 1.54) is 29.5 Å². The number of rotatable bonds is 7. The largest absolute Gasteiger partial charge is 0.465 e. The van der Waals surface area contributed by atoms with Gasteiger partial charge >= 0.3 is 11.9 Å². The molecule has 0 fully saturated rings. The Hall–Kier alpha value is -4.24. The number of thiophene rings is 1. The summed E-state index contributed by atoms with van der Waals surface area (Å²) in [5.41, 5.74) is 8.08. The van der Waals surface area contributed by atoms with Gasteiger partial charge in [0.05, 0.1) is 24.7 Å². The summed E-state index contributed by atoms with van der Waals surface area (Å²) >= 11 is 1.44. The van der Waals surface area contributed by atoms with E-state index >= 15 is 4.39 Å². The smallest absolute Gasteiger partial charge is 0.338 e. The number of benzene rings is 2. The van der Waals surface area contributed by atoms with E-state index in [0.29, 0.717) is 11.4 Å². The molecule has 0 amide bonds. The molecule has 7 nitrogen and oxygen atoms in total. The fourth-order valence-electron chi connectivity index (χ4n) is 5.60. The number of anilines is 1. The predicted molar refractivity (Wildman–Crippen MR) is 150 cm³/mol. The molecular formula is C31H29FN2O5S. The van der Waals surface area contributed by atoms with Gasteiger partial charge in [0.15, 0.2) is 5.78 Å². The lowest BCUT2D eigenvalue weighted by atomic mass is 9.68. The number of nitrogens with zero attached hydrogens (tertiary/aromatic N) is 1. The number of ketones is 1. The summed E-state index contributed by atoms with van der Waals surface area (Å²) < 4.78 is 26.2. The molecule has 2 aliphatic rings. The van der Waals surface area contributed by atoms with Gasteiger partial charge in [-0.1, -0.05) is 42.5 Å². The van der Waals surface area contributed by atoms with Crippen molar-refractivity contribution < 1.29 is 28.2 Å². The average Bonchev–Trinajstić information content (AvgIpc) is 3.48. The molecule has 1 aliphatic heterocycles. The molecule has 0 spiro atoms. The summed E-state index contributed by atoms with van der Waals surface area (Å²) in [4.78, 5) is 43.9. The highest BCUT2D eigenvalue weighted by atomic mass is 32.1. The Morgan fingerprint density at radius 2 is 1.70 bits per heavy atom. The molecule has 1 aromatic heterocycles. The lowest BCUT2D eigenvalue weighted by Crippen LogP contribution is -2.46. The molecule has 206 valence electrons. The summed E-state index contributed by atoms with van der Waals surface area (Å²) in [6.07, 6.45) is 0.238. The minimum Gasteiger partial charge on any atom is -0.465 e. The molecule has 3 aromatic rings. The van der Waals surface area contributed by atoms with Crippen LogP contribution in [0.4, 0.5) is 10.1 Å². The molecular weight excluding hydrogens is 531 g/mol. The normalized spacial score (nSPS) is 20.8. The van der Waals surface area contributed by atoms with Gasteiger partial charge in [-0.15, -0.1) is 11.3 Å². The van der Waals surface area contributed by atoms with Crippen LogP contribution in [0, 0.1) is 11.7 Å². The molecule has 0 bridgehead atoms. The van der Waals surface area contributed by atoms with Crippen LogP contribution in [0.3, 0.4) is 0 Å². The molecule has 2 aromatic carbocycles. The molecule has 40 heavy (non-hydrogen) atoms. The Morgan fingerprint density at radius 3 is 2.35 bits per heavy atom. The first-order chi connectivity index (χ1) is 19.4. The molecule has 1 aliphatic carbocycles. The van der Waals surface area contributed by atoms with Crippen LogP contribution < -0.4 is 10.6 Å². The Balaban J connectivity index is 1.82. The second-order valence-electron chi connectivity index (χ2n) is 9.43. The van der Waals surface area contributed by atoms with Crippen LogP contribution in [0.5, 0.6) is 0 Å². The van der Waals surface area contributed by atoms with Crippen LogP contribution >= 0.6 is 11.3 Å². The number of halogens is 1. The van der Waals surface area contributed by atoms with Gasteiger partial charge in [0.25, 0.3) is 0 Å². The third-order valence-electron chi connectivity index (χ3n) is 7.21. The summed E-state index contributed by atoms with van der Waals surface area (Å²) in [6, 6.07) is 18.8. The maximum Gasteiger partial charge on any atom is 0.338 e.